The molecule has 1 aromatic carbocycles. The van der Waals surface area contributed by atoms with Gasteiger partial charge in [-0.1, -0.05) is 6.07 Å². The molecule has 0 unspecified atom stereocenters. The summed E-state index contributed by atoms with van der Waals surface area (Å²) < 4.78 is 7.12. The topological polar surface area (TPSA) is 76.5 Å². The molecule has 1 saturated heterocycles. The monoisotopic (exact) mass is 396 g/mol. The number of ether oxygens (including phenoxy) is 1. The van der Waals surface area contributed by atoms with E-state index >= 15 is 0 Å². The molecule has 2 amide bonds. The Kier molecular flexibility index (Phi) is 5.17. The zero-order valence-electron chi connectivity index (χ0n) is 17.3. The first-order valence-corrected chi connectivity index (χ1v) is 10.2. The second-order valence-electron chi connectivity index (χ2n) is 8.75. The number of benzene rings is 1. The maximum absolute atomic E-state index is 13.0. The predicted molar refractivity (Wildman–Crippen MR) is 110 cm³/mol. The van der Waals surface area contributed by atoms with Gasteiger partial charge in [0.15, 0.2) is 0 Å². The van der Waals surface area contributed by atoms with Crippen molar-refractivity contribution in [1.29, 1.82) is 0 Å². The molecule has 154 valence electrons. The quantitative estimate of drug-likeness (QED) is 0.861. The number of anilines is 1. The number of nitrogens with zero attached hydrogens (tertiary/aromatic N) is 3. The van der Waals surface area contributed by atoms with E-state index < -0.39 is 0 Å². The third kappa shape index (κ3) is 4.34. The number of aromatic nitrogens is 2. The summed E-state index contributed by atoms with van der Waals surface area (Å²) in [6, 6.07) is 9.00. The van der Waals surface area contributed by atoms with Crippen molar-refractivity contribution in [3.8, 4) is 0 Å². The molecule has 1 N–H and O–H groups in total. The molecule has 1 aromatic heterocycles. The van der Waals surface area contributed by atoms with E-state index in [0.717, 1.165) is 18.5 Å². The average Bonchev–Trinajstić information content (AvgIpc) is 3.45. The zero-order chi connectivity index (χ0) is 20.6. The van der Waals surface area contributed by atoms with Gasteiger partial charge in [0.25, 0.3) is 11.8 Å². The maximum atomic E-state index is 13.0. The van der Waals surface area contributed by atoms with Crippen molar-refractivity contribution >= 4 is 17.5 Å². The minimum Gasteiger partial charge on any atom is -0.378 e. The Hall–Kier alpha value is -2.67. The summed E-state index contributed by atoms with van der Waals surface area (Å²) in [6.07, 6.45) is 2.27. The van der Waals surface area contributed by atoms with Crippen LogP contribution in [-0.2, 0) is 10.3 Å². The van der Waals surface area contributed by atoms with Crippen molar-refractivity contribution in [3.63, 3.8) is 0 Å². The fourth-order valence-electron chi connectivity index (χ4n) is 3.53. The van der Waals surface area contributed by atoms with Gasteiger partial charge >= 0.3 is 0 Å². The molecular weight excluding hydrogens is 368 g/mol. The van der Waals surface area contributed by atoms with Gasteiger partial charge < -0.3 is 15.0 Å². The second-order valence-corrected chi connectivity index (χ2v) is 8.75. The summed E-state index contributed by atoms with van der Waals surface area (Å²) in [4.78, 5) is 27.5. The summed E-state index contributed by atoms with van der Waals surface area (Å²) in [5, 5.41) is 7.64. The number of carbonyl (C=O) groups excluding carboxylic acids is 2. The molecule has 29 heavy (non-hydrogen) atoms. The summed E-state index contributed by atoms with van der Waals surface area (Å²) >= 11 is 0. The molecule has 1 aliphatic carbocycles. The van der Waals surface area contributed by atoms with Crippen LogP contribution in [0.15, 0.2) is 30.3 Å². The Balaban J connectivity index is 1.54. The van der Waals surface area contributed by atoms with E-state index in [9.17, 15) is 9.59 Å². The maximum Gasteiger partial charge on any atom is 0.273 e. The van der Waals surface area contributed by atoms with Crippen LogP contribution in [0.5, 0.6) is 0 Å². The van der Waals surface area contributed by atoms with Crippen LogP contribution in [0.1, 0.15) is 66.1 Å². The molecule has 1 aliphatic heterocycles. The molecule has 0 radical (unpaired) electrons. The lowest BCUT2D eigenvalue weighted by Crippen LogP contribution is -2.40. The van der Waals surface area contributed by atoms with Gasteiger partial charge in [-0.05, 0) is 57.9 Å². The highest BCUT2D eigenvalue weighted by Gasteiger charge is 2.31. The molecular formula is C22H28N4O3. The van der Waals surface area contributed by atoms with E-state index in [1.54, 1.807) is 33.8 Å². The van der Waals surface area contributed by atoms with Crippen LogP contribution < -0.4 is 5.32 Å². The third-order valence-electron chi connectivity index (χ3n) is 5.26. The number of hydrogen-bond acceptors (Lipinski definition) is 4. The number of nitrogens with one attached hydrogen (secondary N) is 1. The van der Waals surface area contributed by atoms with Crippen molar-refractivity contribution in [3.05, 3.63) is 47.3 Å². The summed E-state index contributed by atoms with van der Waals surface area (Å²) in [5.41, 5.74) is 2.40. The van der Waals surface area contributed by atoms with Gasteiger partial charge in [0.1, 0.15) is 5.69 Å². The van der Waals surface area contributed by atoms with Crippen LogP contribution in [0.25, 0.3) is 0 Å². The Morgan fingerprint density at radius 1 is 1.14 bits per heavy atom. The molecule has 0 bridgehead atoms. The highest BCUT2D eigenvalue weighted by molar-refractivity contribution is 6.04. The largest absolute Gasteiger partial charge is 0.378 e. The van der Waals surface area contributed by atoms with Crippen LogP contribution >= 0.6 is 0 Å². The Labute approximate surface area is 171 Å². The fourth-order valence-corrected chi connectivity index (χ4v) is 3.53. The van der Waals surface area contributed by atoms with Gasteiger partial charge in [-0.3, -0.25) is 14.3 Å². The van der Waals surface area contributed by atoms with Crippen LogP contribution in [-0.4, -0.2) is 52.8 Å². The number of morpholine rings is 1. The highest BCUT2D eigenvalue weighted by Crippen LogP contribution is 2.40. The standard InChI is InChI=1S/C22H28N4O3/c1-22(2,3)26-19(14-18(24-26)15-7-8-15)20(27)23-17-6-4-5-16(13-17)21(28)25-9-11-29-12-10-25/h4-6,13-15H,7-12H2,1-3H3,(H,23,27). The SMILES string of the molecule is CC(C)(C)n1nc(C2CC2)cc1C(=O)Nc1cccc(C(=O)N2CCOCC2)c1. The molecule has 2 fully saturated rings. The molecule has 4 rings (SSSR count). The minimum absolute atomic E-state index is 0.0415. The van der Waals surface area contributed by atoms with E-state index in [2.05, 4.69) is 5.32 Å². The van der Waals surface area contributed by atoms with E-state index in [4.69, 9.17) is 9.84 Å². The van der Waals surface area contributed by atoms with E-state index in [1.165, 1.54) is 0 Å². The Bertz CT molecular complexity index is 918. The second kappa shape index (κ2) is 7.63. The first kappa shape index (κ1) is 19.6. The van der Waals surface area contributed by atoms with Crippen molar-refractivity contribution in [2.24, 2.45) is 0 Å². The van der Waals surface area contributed by atoms with Gasteiger partial charge in [0, 0.05) is 30.3 Å². The van der Waals surface area contributed by atoms with Crippen LogP contribution in [0.3, 0.4) is 0 Å². The lowest BCUT2D eigenvalue weighted by molar-refractivity contribution is 0.0303. The van der Waals surface area contributed by atoms with Gasteiger partial charge in [-0.2, -0.15) is 5.10 Å². The van der Waals surface area contributed by atoms with Gasteiger partial charge in [-0.15, -0.1) is 0 Å². The van der Waals surface area contributed by atoms with Crippen molar-refractivity contribution in [2.45, 2.75) is 45.1 Å². The zero-order valence-corrected chi connectivity index (χ0v) is 17.3. The summed E-state index contributed by atoms with van der Waals surface area (Å²) in [7, 11) is 0. The lowest BCUT2D eigenvalue weighted by Gasteiger charge is -2.27. The smallest absolute Gasteiger partial charge is 0.273 e. The molecule has 7 nitrogen and oxygen atoms in total. The van der Waals surface area contributed by atoms with Gasteiger partial charge in [0.05, 0.1) is 24.4 Å². The average molecular weight is 396 g/mol. The Morgan fingerprint density at radius 2 is 1.86 bits per heavy atom. The van der Waals surface area contributed by atoms with E-state index in [1.807, 2.05) is 26.8 Å². The molecule has 2 aliphatic rings. The minimum atomic E-state index is -0.298. The van der Waals surface area contributed by atoms with Crippen molar-refractivity contribution in [1.82, 2.24) is 14.7 Å². The molecule has 7 heteroatoms. The number of hydrogen-bond donors (Lipinski definition) is 1. The van der Waals surface area contributed by atoms with Crippen LogP contribution in [0, 0.1) is 0 Å². The lowest BCUT2D eigenvalue weighted by atomic mass is 10.1. The van der Waals surface area contributed by atoms with Crippen molar-refractivity contribution in [2.75, 3.05) is 31.6 Å². The van der Waals surface area contributed by atoms with Gasteiger partial charge in [-0.25, -0.2) is 0 Å². The fraction of sp³-hybridized carbons (Fsp3) is 0.500. The number of amides is 2. The first-order chi connectivity index (χ1) is 13.8. The Morgan fingerprint density at radius 3 is 2.52 bits per heavy atom. The molecule has 2 aromatic rings. The molecule has 1 saturated carbocycles. The van der Waals surface area contributed by atoms with E-state index in [0.29, 0.717) is 49.2 Å². The normalized spacial score (nSPS) is 17.3. The van der Waals surface area contributed by atoms with Gasteiger partial charge in [0.2, 0.25) is 0 Å². The van der Waals surface area contributed by atoms with Crippen LogP contribution in [0.4, 0.5) is 5.69 Å². The number of rotatable bonds is 4. The molecule has 0 spiro atoms. The van der Waals surface area contributed by atoms with Crippen LogP contribution in [0.2, 0.25) is 0 Å². The summed E-state index contributed by atoms with van der Waals surface area (Å²) in [6.45, 7) is 8.40. The first-order valence-electron chi connectivity index (χ1n) is 10.2. The molecule has 0 atom stereocenters. The molecule has 2 heterocycles. The third-order valence-corrected chi connectivity index (χ3v) is 5.26. The summed E-state index contributed by atoms with van der Waals surface area (Å²) in [5.74, 6) is 0.218. The van der Waals surface area contributed by atoms with Crippen molar-refractivity contribution < 1.29 is 14.3 Å². The predicted octanol–water partition coefficient (Wildman–Crippen LogP) is 3.24. The van der Waals surface area contributed by atoms with E-state index in [-0.39, 0.29) is 17.4 Å². The number of carbonyl (C=O) groups is 2. The highest BCUT2D eigenvalue weighted by atomic mass is 16.5.